The van der Waals surface area contributed by atoms with E-state index in [2.05, 4.69) is 17.5 Å². The Balaban J connectivity index is 1.96. The van der Waals surface area contributed by atoms with E-state index < -0.39 is 6.10 Å². The van der Waals surface area contributed by atoms with E-state index in [0.29, 0.717) is 6.42 Å². The maximum absolute atomic E-state index is 9.92. The molecule has 1 unspecified atom stereocenters. The number of nitrogens with one attached hydrogen (secondary N) is 1. The molecule has 2 aliphatic heterocycles. The van der Waals surface area contributed by atoms with Gasteiger partial charge in [0.1, 0.15) is 6.10 Å². The van der Waals surface area contributed by atoms with Crippen molar-refractivity contribution in [2.24, 2.45) is 0 Å². The Hall–Kier alpha value is -1.52. The first-order valence-corrected chi connectivity index (χ1v) is 7.20. The summed E-state index contributed by atoms with van der Waals surface area (Å²) in [7, 11) is 1.68. The van der Waals surface area contributed by atoms with Crippen LogP contribution in [0.2, 0.25) is 0 Å². The van der Waals surface area contributed by atoms with Crippen LogP contribution in [0.5, 0.6) is 11.5 Å². The van der Waals surface area contributed by atoms with E-state index in [1.165, 1.54) is 11.1 Å². The predicted molar refractivity (Wildman–Crippen MR) is 75.2 cm³/mol. The lowest BCUT2D eigenvalue weighted by Crippen LogP contribution is -2.42. The molecule has 0 aromatic heterocycles. The lowest BCUT2D eigenvalue weighted by Gasteiger charge is -2.35. The van der Waals surface area contributed by atoms with Crippen molar-refractivity contribution in [2.45, 2.75) is 37.0 Å². The molecule has 3 aliphatic rings. The van der Waals surface area contributed by atoms with Crippen molar-refractivity contribution in [3.8, 4) is 11.5 Å². The average molecular weight is 273 g/mol. The first-order chi connectivity index (χ1) is 9.74. The van der Waals surface area contributed by atoms with E-state index in [0.717, 1.165) is 31.0 Å². The molecule has 0 bridgehead atoms. The molecule has 1 aromatic rings. The quantitative estimate of drug-likeness (QED) is 0.762. The molecule has 0 fully saturated rings. The smallest absolute Gasteiger partial charge is 0.166 e. The van der Waals surface area contributed by atoms with Gasteiger partial charge in [-0.1, -0.05) is 18.2 Å². The maximum Gasteiger partial charge on any atom is 0.166 e. The number of aliphatic hydroxyl groups excluding tert-OH is 1. The van der Waals surface area contributed by atoms with Crippen LogP contribution in [-0.4, -0.2) is 31.0 Å². The van der Waals surface area contributed by atoms with Crippen molar-refractivity contribution in [2.75, 3.05) is 13.7 Å². The van der Waals surface area contributed by atoms with Crippen molar-refractivity contribution in [1.82, 2.24) is 5.32 Å². The van der Waals surface area contributed by atoms with Crippen LogP contribution >= 0.6 is 0 Å². The van der Waals surface area contributed by atoms with Gasteiger partial charge < -0.3 is 19.9 Å². The van der Waals surface area contributed by atoms with Crippen molar-refractivity contribution in [1.29, 1.82) is 0 Å². The molecule has 0 saturated heterocycles. The third kappa shape index (κ3) is 1.49. The summed E-state index contributed by atoms with van der Waals surface area (Å²) in [5.74, 6) is 1.67. The van der Waals surface area contributed by atoms with Crippen LogP contribution in [0.4, 0.5) is 0 Å². The average Bonchev–Trinajstić information content (AvgIpc) is 2.66. The van der Waals surface area contributed by atoms with Crippen molar-refractivity contribution in [3.05, 3.63) is 35.4 Å². The Morgan fingerprint density at radius 3 is 3.20 bits per heavy atom. The molecule has 2 heterocycles. The van der Waals surface area contributed by atoms with Gasteiger partial charge in [0.05, 0.1) is 18.6 Å². The van der Waals surface area contributed by atoms with E-state index in [1.54, 1.807) is 7.11 Å². The highest BCUT2D eigenvalue weighted by molar-refractivity contribution is 5.60. The monoisotopic (exact) mass is 273 g/mol. The Labute approximate surface area is 118 Å². The van der Waals surface area contributed by atoms with Crippen LogP contribution < -0.4 is 14.8 Å². The summed E-state index contributed by atoms with van der Waals surface area (Å²) < 4.78 is 11.7. The van der Waals surface area contributed by atoms with E-state index in [1.807, 2.05) is 12.1 Å². The largest absolute Gasteiger partial charge is 0.493 e. The second-order valence-corrected chi connectivity index (χ2v) is 5.87. The van der Waals surface area contributed by atoms with Crippen molar-refractivity contribution >= 4 is 0 Å². The molecule has 0 saturated carbocycles. The van der Waals surface area contributed by atoms with Gasteiger partial charge in [0.25, 0.3) is 0 Å². The topological polar surface area (TPSA) is 50.7 Å². The Morgan fingerprint density at radius 1 is 1.45 bits per heavy atom. The standard InChI is InChI=1S/C16H19NO3/c1-19-12-3-2-10-9-17-7-6-16-5-4-11(18)8-13(16)20-15(12)14(10)16/h2-5,11,13,17-18H,6-9H2,1H3/t11-,13-,16?/m1/s1. The summed E-state index contributed by atoms with van der Waals surface area (Å²) in [6, 6.07) is 4.11. The summed E-state index contributed by atoms with van der Waals surface area (Å²) in [5.41, 5.74) is 2.43. The van der Waals surface area contributed by atoms with Gasteiger partial charge in [0, 0.05) is 18.5 Å². The zero-order valence-electron chi connectivity index (χ0n) is 11.6. The molecule has 4 heteroatoms. The van der Waals surface area contributed by atoms with Gasteiger partial charge in [-0.15, -0.1) is 0 Å². The number of benzene rings is 1. The summed E-state index contributed by atoms with van der Waals surface area (Å²) in [4.78, 5) is 0. The van der Waals surface area contributed by atoms with E-state index >= 15 is 0 Å². The fourth-order valence-electron chi connectivity index (χ4n) is 3.87. The predicted octanol–water partition coefficient (Wildman–Crippen LogP) is 1.51. The fraction of sp³-hybridized carbons (Fsp3) is 0.500. The van der Waals surface area contributed by atoms with Gasteiger partial charge in [-0.25, -0.2) is 0 Å². The van der Waals surface area contributed by atoms with Gasteiger partial charge in [-0.3, -0.25) is 0 Å². The lowest BCUT2D eigenvalue weighted by atomic mass is 9.69. The molecule has 1 spiro atoms. The normalized spacial score (nSPS) is 33.9. The fourth-order valence-corrected chi connectivity index (χ4v) is 3.87. The summed E-state index contributed by atoms with van der Waals surface area (Å²) in [6.45, 7) is 1.82. The second kappa shape index (κ2) is 4.24. The van der Waals surface area contributed by atoms with Crippen LogP contribution in [0.3, 0.4) is 0 Å². The number of rotatable bonds is 1. The number of methoxy groups -OCH3 is 1. The number of hydrogen-bond acceptors (Lipinski definition) is 4. The van der Waals surface area contributed by atoms with Gasteiger partial charge in [-0.05, 0) is 24.6 Å². The molecule has 2 N–H and O–H groups in total. The second-order valence-electron chi connectivity index (χ2n) is 5.87. The molecule has 4 nitrogen and oxygen atoms in total. The van der Waals surface area contributed by atoms with Crippen LogP contribution in [0.1, 0.15) is 24.0 Å². The molecule has 3 atom stereocenters. The third-order valence-electron chi connectivity index (χ3n) is 4.83. The number of aliphatic hydroxyl groups is 1. The molecule has 1 aromatic carbocycles. The highest BCUT2D eigenvalue weighted by Gasteiger charge is 2.52. The summed E-state index contributed by atoms with van der Waals surface area (Å²) in [6.07, 6.45) is 5.32. The Kier molecular flexibility index (Phi) is 2.59. The first-order valence-electron chi connectivity index (χ1n) is 7.20. The minimum atomic E-state index is -0.411. The Bertz CT molecular complexity index is 583. The molecule has 0 radical (unpaired) electrons. The van der Waals surface area contributed by atoms with Crippen molar-refractivity contribution in [3.63, 3.8) is 0 Å². The van der Waals surface area contributed by atoms with Gasteiger partial charge in [0.2, 0.25) is 0 Å². The summed E-state index contributed by atoms with van der Waals surface area (Å²) >= 11 is 0. The minimum Gasteiger partial charge on any atom is -0.493 e. The van der Waals surface area contributed by atoms with Crippen LogP contribution in [0.15, 0.2) is 24.3 Å². The first kappa shape index (κ1) is 12.2. The van der Waals surface area contributed by atoms with Crippen LogP contribution in [0, 0.1) is 0 Å². The van der Waals surface area contributed by atoms with Gasteiger partial charge in [0.15, 0.2) is 11.5 Å². The zero-order chi connectivity index (χ0) is 13.7. The molecular formula is C16H19NO3. The lowest BCUT2D eigenvalue weighted by molar-refractivity contribution is 0.0851. The van der Waals surface area contributed by atoms with Crippen LogP contribution in [-0.2, 0) is 12.0 Å². The van der Waals surface area contributed by atoms with Gasteiger partial charge in [-0.2, -0.15) is 0 Å². The molecular weight excluding hydrogens is 254 g/mol. The molecule has 4 rings (SSSR count). The summed E-state index contributed by atoms with van der Waals surface area (Å²) in [5, 5.41) is 13.4. The SMILES string of the molecule is COc1ccc2c3c1O[C@@H]1C[C@H](O)C=CC31CCNC2. The molecule has 0 amide bonds. The number of ether oxygens (including phenoxy) is 2. The van der Waals surface area contributed by atoms with E-state index in [4.69, 9.17) is 9.47 Å². The highest BCUT2D eigenvalue weighted by atomic mass is 16.5. The molecule has 106 valence electrons. The zero-order valence-corrected chi connectivity index (χ0v) is 11.6. The Morgan fingerprint density at radius 2 is 2.35 bits per heavy atom. The number of hydrogen-bond donors (Lipinski definition) is 2. The maximum atomic E-state index is 9.92. The van der Waals surface area contributed by atoms with E-state index in [-0.39, 0.29) is 11.5 Å². The third-order valence-corrected chi connectivity index (χ3v) is 4.83. The van der Waals surface area contributed by atoms with E-state index in [9.17, 15) is 5.11 Å². The molecule has 1 aliphatic carbocycles. The van der Waals surface area contributed by atoms with Crippen LogP contribution in [0.25, 0.3) is 0 Å². The highest BCUT2D eigenvalue weighted by Crippen LogP contribution is 2.55. The minimum absolute atomic E-state index is 0.00690. The van der Waals surface area contributed by atoms with Crippen molar-refractivity contribution < 1.29 is 14.6 Å². The van der Waals surface area contributed by atoms with Gasteiger partial charge >= 0.3 is 0 Å². The molecule has 20 heavy (non-hydrogen) atoms.